The number of nitrogens with zero attached hydrogens (tertiary/aromatic N) is 5. The van der Waals surface area contributed by atoms with Crippen LogP contribution in [-0.2, 0) is 38.1 Å². The Hall–Kier alpha value is -12.4. The Balaban J connectivity index is 0.000000297. The normalized spacial score (nSPS) is 12.3. The molecule has 0 saturated heterocycles. The number of hydrogen-bond acceptors (Lipinski definition) is 27. The van der Waals surface area contributed by atoms with Gasteiger partial charge in [-0.3, -0.25) is 4.98 Å². The number of aromatic nitrogens is 5. The van der Waals surface area contributed by atoms with Gasteiger partial charge in [0.2, 0.25) is 23.5 Å². The predicted molar refractivity (Wildman–Crippen MR) is 380 cm³/mol. The van der Waals surface area contributed by atoms with E-state index in [1.165, 1.54) is 6.07 Å². The van der Waals surface area contributed by atoms with E-state index in [1.54, 1.807) is 172 Å². The van der Waals surface area contributed by atoms with E-state index in [0.717, 1.165) is 16.8 Å². The Kier molecular flexibility index (Phi) is 30.4. The standard InChI is InChI=1S/C19H23N3O5.C18H24N4O6.C17H22N4O6.C15H22FN3O4/c1-19(2,3)27-18(25)22-15(17(23)24)11-26-16-8-7-12(10-13(16)20)14-6-4-5-9-21-14;1-9-6-14(12(19)7-11(9)15-22-21-10(2)27-15)26-8-13(16(23)24)20-17(25)28-18(3,4)5;1-9-19-14(21-27-9)10-5-6-13(11(18)7-10)25-8-12(15(22)23)20-16(24)26-17(2,3)4;1-8-5-9(16)12(17)10(6-8)18-7-11(13(20)21)19-14(22)23-15(2,3)4/h4-10,15H,11,20H2,1-3H3,(H,22,25)(H,23,24);6-7,13H,8,19H2,1-5H3,(H,20,25)(H,23,24);5-7,12H,8,18H2,1-4H3,(H,20,24)(H,22,23);5-6,11,18H,7,17H2,1-4H3,(H,19,22)(H,20,21)/t15-;13-;12-;11-/m0000/s1. The third-order valence-electron chi connectivity index (χ3n) is 12.8. The molecule has 17 N–H and O–H groups in total. The van der Waals surface area contributed by atoms with Crippen molar-refractivity contribution in [3.8, 4) is 51.3 Å². The summed E-state index contributed by atoms with van der Waals surface area (Å²) >= 11 is 0. The largest absolute Gasteiger partial charge is 0.489 e. The molecule has 4 aromatic carbocycles. The van der Waals surface area contributed by atoms with E-state index >= 15 is 0 Å². The van der Waals surface area contributed by atoms with Gasteiger partial charge < -0.3 is 112 Å². The lowest BCUT2D eigenvalue weighted by molar-refractivity contribution is -0.141. The quantitative estimate of drug-likeness (QED) is 0.0210. The summed E-state index contributed by atoms with van der Waals surface area (Å²) in [5.74, 6) is -3.24. The molecule has 0 saturated carbocycles. The van der Waals surface area contributed by atoms with Crippen molar-refractivity contribution in [2.45, 2.75) is 157 Å². The number of aryl methyl sites for hydroxylation is 4. The number of ether oxygens (including phenoxy) is 7. The number of carbonyl (C=O) groups is 8. The zero-order valence-corrected chi connectivity index (χ0v) is 60.9. The minimum atomic E-state index is -1.31. The monoisotopic (exact) mass is 1470 g/mol. The lowest BCUT2D eigenvalue weighted by atomic mass is 10.1. The van der Waals surface area contributed by atoms with Gasteiger partial charge in [0, 0.05) is 43.3 Å². The van der Waals surface area contributed by atoms with Crippen LogP contribution < -0.4 is 63.7 Å². The molecule has 0 aliphatic heterocycles. The SMILES string of the molecule is CC(C)(C)OC(=O)N[C@@H](COc1ccc(-c2ccccn2)cc1N)C(=O)O.Cc1cc(F)c(N)c(NC[C@H](NC(=O)OC(C)(C)C)C(=O)O)c1.Cc1nc(-c2ccc(OC[C@H](NC(=O)OC(C)(C)C)C(=O)O)c(N)c2)no1.Cc1nnc(-c2cc(N)c(OC[C@H](NC(=O)OC(C)(C)C)C(=O)O)cc2C)o1. The number of pyridine rings is 1. The van der Waals surface area contributed by atoms with Gasteiger partial charge in [-0.25, -0.2) is 42.7 Å². The lowest BCUT2D eigenvalue weighted by Crippen LogP contribution is -2.47. The predicted octanol–water partition coefficient (Wildman–Crippen LogP) is 9.07. The van der Waals surface area contributed by atoms with Gasteiger partial charge in [-0.05, 0) is 181 Å². The summed E-state index contributed by atoms with van der Waals surface area (Å²) in [7, 11) is 0. The van der Waals surface area contributed by atoms with E-state index in [0.29, 0.717) is 51.6 Å². The summed E-state index contributed by atoms with van der Waals surface area (Å²) in [6, 6.07) is 16.4. The second-order valence-electron chi connectivity index (χ2n) is 26.9. The zero-order valence-electron chi connectivity index (χ0n) is 60.9. The van der Waals surface area contributed by atoms with Crippen molar-refractivity contribution in [3.05, 3.63) is 114 Å². The van der Waals surface area contributed by atoms with Crippen molar-refractivity contribution in [1.29, 1.82) is 0 Å². The Bertz CT molecular complexity index is 4150. The van der Waals surface area contributed by atoms with Crippen LogP contribution in [-0.4, -0.2) is 167 Å². The molecule has 7 rings (SSSR count). The molecule has 3 aromatic heterocycles. The van der Waals surface area contributed by atoms with Gasteiger partial charge in [-0.1, -0.05) is 11.2 Å². The number of aliphatic carboxylic acids is 4. The van der Waals surface area contributed by atoms with E-state index in [2.05, 4.69) is 51.9 Å². The molecule has 36 heteroatoms. The number of nitrogens with two attached hydrogens (primary N) is 4. The van der Waals surface area contributed by atoms with E-state index in [1.807, 2.05) is 18.2 Å². The molecule has 4 amide bonds. The number of alkyl carbamates (subject to hydrolysis) is 4. The molecular formula is C69H91FN14O21. The number of nitrogens with one attached hydrogen (secondary N) is 5. The summed E-state index contributed by atoms with van der Waals surface area (Å²) in [6.45, 7) is 25.8. The van der Waals surface area contributed by atoms with Crippen LogP contribution in [0.2, 0.25) is 0 Å². The Labute approximate surface area is 603 Å². The maximum Gasteiger partial charge on any atom is 0.408 e. The highest BCUT2D eigenvalue weighted by molar-refractivity contribution is 5.83. The average molecular weight is 1470 g/mol. The van der Waals surface area contributed by atoms with Gasteiger partial charge in [0.15, 0.2) is 18.1 Å². The van der Waals surface area contributed by atoms with Gasteiger partial charge in [-0.15, -0.1) is 10.2 Å². The van der Waals surface area contributed by atoms with Crippen LogP contribution in [0.15, 0.2) is 94.0 Å². The number of hydrogen-bond donors (Lipinski definition) is 13. The number of amides is 4. The van der Waals surface area contributed by atoms with Crippen LogP contribution in [0, 0.1) is 33.5 Å². The van der Waals surface area contributed by atoms with Gasteiger partial charge in [0.1, 0.15) is 71.3 Å². The van der Waals surface area contributed by atoms with Crippen LogP contribution in [0.4, 0.5) is 52.0 Å². The molecule has 570 valence electrons. The second kappa shape index (κ2) is 37.5. The van der Waals surface area contributed by atoms with E-state index < -0.39 is 101 Å². The number of carboxylic acids is 4. The third-order valence-corrected chi connectivity index (χ3v) is 12.8. The van der Waals surface area contributed by atoms with Gasteiger partial charge in [0.05, 0.1) is 34.1 Å². The number of carboxylic acid groups (broad SMARTS) is 4. The maximum absolute atomic E-state index is 13.5. The number of carbonyl (C=O) groups excluding carboxylic acids is 4. The minimum Gasteiger partial charge on any atom is -0.489 e. The molecule has 0 fully saturated rings. The Morgan fingerprint density at radius 3 is 1.33 bits per heavy atom. The fourth-order valence-corrected chi connectivity index (χ4v) is 8.22. The molecule has 7 aromatic rings. The summed E-state index contributed by atoms with van der Waals surface area (Å²) < 4.78 is 60.5. The smallest absolute Gasteiger partial charge is 0.408 e. The number of nitrogen functional groups attached to an aromatic ring is 4. The molecule has 0 radical (unpaired) electrons. The molecule has 0 aliphatic carbocycles. The first-order chi connectivity index (χ1) is 48.7. The Morgan fingerprint density at radius 1 is 0.514 bits per heavy atom. The molecule has 0 spiro atoms. The molecule has 0 unspecified atom stereocenters. The molecule has 3 heterocycles. The number of benzene rings is 4. The first kappa shape index (κ1) is 85.0. The lowest BCUT2D eigenvalue weighted by Gasteiger charge is -2.22. The summed E-state index contributed by atoms with van der Waals surface area (Å²) in [6.07, 6.45) is -1.72. The maximum atomic E-state index is 13.5. The first-order valence-electron chi connectivity index (χ1n) is 31.9. The van der Waals surface area contributed by atoms with Crippen molar-refractivity contribution in [2.75, 3.05) is 54.6 Å². The fraction of sp³-hybridized carbons (Fsp3) is 0.406. The molecule has 0 aliphatic rings. The highest BCUT2D eigenvalue weighted by atomic mass is 19.1. The van der Waals surface area contributed by atoms with E-state index in [9.17, 15) is 58.1 Å². The van der Waals surface area contributed by atoms with E-state index in [4.69, 9.17) is 70.1 Å². The summed E-state index contributed by atoms with van der Waals surface area (Å²) in [5, 5.41) is 60.3. The highest BCUT2D eigenvalue weighted by Gasteiger charge is 2.30. The third kappa shape index (κ3) is 30.4. The fourth-order valence-electron chi connectivity index (χ4n) is 8.22. The first-order valence-corrected chi connectivity index (χ1v) is 31.9. The van der Waals surface area contributed by atoms with Crippen LogP contribution >= 0.6 is 0 Å². The van der Waals surface area contributed by atoms with Crippen molar-refractivity contribution in [1.82, 2.24) is 46.6 Å². The van der Waals surface area contributed by atoms with Crippen LogP contribution in [0.25, 0.3) is 34.1 Å². The molecule has 35 nitrogen and oxygen atoms in total. The summed E-state index contributed by atoms with van der Waals surface area (Å²) in [5.41, 5.74) is 25.8. The number of rotatable bonds is 23. The van der Waals surface area contributed by atoms with Crippen molar-refractivity contribution < 1.29 is 105 Å². The van der Waals surface area contributed by atoms with Crippen LogP contribution in [0.3, 0.4) is 0 Å². The molecule has 4 atom stereocenters. The van der Waals surface area contributed by atoms with E-state index in [-0.39, 0.29) is 60.6 Å². The molecular weight excluding hydrogens is 1380 g/mol. The average Bonchev–Trinajstić information content (AvgIpc) is 1.77. The second-order valence-corrected chi connectivity index (χ2v) is 26.9. The van der Waals surface area contributed by atoms with Crippen LogP contribution in [0.5, 0.6) is 17.2 Å². The zero-order chi connectivity index (χ0) is 79.1. The van der Waals surface area contributed by atoms with Gasteiger partial charge >= 0.3 is 48.3 Å². The highest BCUT2D eigenvalue weighted by Crippen LogP contribution is 2.33. The van der Waals surface area contributed by atoms with Gasteiger partial charge in [-0.2, -0.15) is 4.98 Å². The minimum absolute atomic E-state index is 0.114. The Morgan fingerprint density at radius 2 is 0.943 bits per heavy atom. The molecule has 0 bridgehead atoms. The number of anilines is 5. The number of halogens is 1. The topological polar surface area (TPSA) is 537 Å². The molecule has 105 heavy (non-hydrogen) atoms. The summed E-state index contributed by atoms with van der Waals surface area (Å²) in [4.78, 5) is 101. The van der Waals surface area contributed by atoms with Crippen molar-refractivity contribution in [2.24, 2.45) is 0 Å². The van der Waals surface area contributed by atoms with Gasteiger partial charge in [0.25, 0.3) is 0 Å². The van der Waals surface area contributed by atoms with Crippen LogP contribution in [0.1, 0.15) is 106 Å². The van der Waals surface area contributed by atoms with Crippen molar-refractivity contribution in [3.63, 3.8) is 0 Å². The van der Waals surface area contributed by atoms with Crippen molar-refractivity contribution >= 4 is 76.7 Å².